The Morgan fingerprint density at radius 2 is 1.74 bits per heavy atom. The van der Waals surface area contributed by atoms with E-state index >= 15 is 0 Å². The average molecular weight is 507 g/mol. The second kappa shape index (κ2) is 10.8. The number of carbonyl (C=O) groups is 2. The van der Waals surface area contributed by atoms with Gasteiger partial charge >= 0.3 is 5.97 Å². The van der Waals surface area contributed by atoms with Crippen molar-refractivity contribution in [1.29, 1.82) is 0 Å². The largest absolute Gasteiger partial charge is 0.460 e. The Morgan fingerprint density at radius 3 is 2.26 bits per heavy atom. The van der Waals surface area contributed by atoms with Crippen LogP contribution in [-0.4, -0.2) is 51.8 Å². The molecule has 2 atom stereocenters. The molecule has 0 N–H and O–H groups in total. The molecule has 3 rings (SSSR count). The number of β-lactam (4-membered cyclic amide) rings is 1. The summed E-state index contributed by atoms with van der Waals surface area (Å²) in [6, 6.07) is 12.4. The number of hydrogen-bond donors (Lipinski definition) is 0. The standard InChI is InChI=1S/C24H27ClN2O6S/c1-15(2)32-23(29)24(33-16(3)4)21(17-5-9-19(10-6-17)27(30)31)26(22(24)28)13-14-34-20-11-7-18(25)8-12-20/h5-12,15-16,21H,13-14H2,1-4H3/t21-,24-/m0/s1. The molecule has 0 unspecified atom stereocenters. The van der Waals surface area contributed by atoms with Crippen LogP contribution in [0, 0.1) is 10.1 Å². The third-order valence-corrected chi connectivity index (χ3v) is 6.42. The Balaban J connectivity index is 1.92. The Bertz CT molecular complexity index is 1040. The first-order valence-electron chi connectivity index (χ1n) is 10.9. The summed E-state index contributed by atoms with van der Waals surface area (Å²) >= 11 is 7.49. The van der Waals surface area contributed by atoms with Crippen molar-refractivity contribution in [3.05, 3.63) is 69.2 Å². The third kappa shape index (κ3) is 5.37. The Labute approximate surface area is 207 Å². The molecule has 1 fully saturated rings. The fourth-order valence-electron chi connectivity index (χ4n) is 3.85. The minimum absolute atomic E-state index is 0.0839. The molecule has 1 heterocycles. The number of nitro groups is 1. The lowest BCUT2D eigenvalue weighted by atomic mass is 9.77. The van der Waals surface area contributed by atoms with E-state index in [9.17, 15) is 19.7 Å². The predicted molar refractivity (Wildman–Crippen MR) is 130 cm³/mol. The number of esters is 1. The fourth-order valence-corrected chi connectivity index (χ4v) is 4.83. The number of hydrogen-bond acceptors (Lipinski definition) is 7. The van der Waals surface area contributed by atoms with E-state index in [1.807, 2.05) is 12.1 Å². The summed E-state index contributed by atoms with van der Waals surface area (Å²) in [5.41, 5.74) is -1.37. The van der Waals surface area contributed by atoms with Gasteiger partial charge in [-0.15, -0.1) is 11.8 Å². The van der Waals surface area contributed by atoms with Gasteiger partial charge in [0.15, 0.2) is 0 Å². The minimum atomic E-state index is -1.85. The number of likely N-dealkylation sites (tertiary alicyclic amines) is 1. The van der Waals surface area contributed by atoms with Gasteiger partial charge in [-0.3, -0.25) is 14.9 Å². The first-order valence-corrected chi connectivity index (χ1v) is 12.2. The highest BCUT2D eigenvalue weighted by Crippen LogP contribution is 2.48. The van der Waals surface area contributed by atoms with E-state index in [1.165, 1.54) is 12.1 Å². The second-order valence-electron chi connectivity index (χ2n) is 8.41. The van der Waals surface area contributed by atoms with Crippen molar-refractivity contribution >= 4 is 40.9 Å². The predicted octanol–water partition coefficient (Wildman–Crippen LogP) is 5.04. The summed E-state index contributed by atoms with van der Waals surface area (Å²) in [6.45, 7) is 7.22. The molecule has 1 aliphatic rings. The highest BCUT2D eigenvalue weighted by molar-refractivity contribution is 7.99. The average Bonchev–Trinajstić information content (AvgIpc) is 2.77. The van der Waals surface area contributed by atoms with E-state index in [0.29, 0.717) is 22.9 Å². The minimum Gasteiger partial charge on any atom is -0.460 e. The van der Waals surface area contributed by atoms with E-state index in [2.05, 4.69) is 0 Å². The topological polar surface area (TPSA) is 99.0 Å². The van der Waals surface area contributed by atoms with Crippen LogP contribution < -0.4 is 0 Å². The SMILES string of the molecule is CC(C)OC(=O)[C@@]1(OC(C)C)C(=O)N(CCSc2ccc(Cl)cc2)[C@H]1c1ccc([N+](=O)[O-])cc1. The molecule has 0 saturated carbocycles. The maximum atomic E-state index is 13.5. The van der Waals surface area contributed by atoms with Crippen molar-refractivity contribution in [3.63, 3.8) is 0 Å². The molecular formula is C24H27ClN2O6S. The van der Waals surface area contributed by atoms with E-state index in [0.717, 1.165) is 4.90 Å². The van der Waals surface area contributed by atoms with Crippen LogP contribution in [0.4, 0.5) is 5.69 Å². The molecule has 0 aliphatic carbocycles. The van der Waals surface area contributed by atoms with E-state index < -0.39 is 40.7 Å². The van der Waals surface area contributed by atoms with Gasteiger partial charge in [0, 0.05) is 34.3 Å². The van der Waals surface area contributed by atoms with E-state index in [-0.39, 0.29) is 5.69 Å². The van der Waals surface area contributed by atoms with E-state index in [4.69, 9.17) is 21.1 Å². The van der Waals surface area contributed by atoms with Gasteiger partial charge in [-0.1, -0.05) is 11.6 Å². The molecule has 0 radical (unpaired) electrons. The van der Waals surface area contributed by atoms with Gasteiger partial charge < -0.3 is 14.4 Å². The first kappa shape index (κ1) is 26.0. The van der Waals surface area contributed by atoms with Crippen molar-refractivity contribution in [2.45, 2.75) is 56.4 Å². The lowest BCUT2D eigenvalue weighted by Gasteiger charge is -2.54. The monoisotopic (exact) mass is 506 g/mol. The number of nitrogens with zero attached hydrogens (tertiary/aromatic N) is 2. The lowest BCUT2D eigenvalue weighted by molar-refractivity contribution is -0.384. The molecule has 34 heavy (non-hydrogen) atoms. The zero-order valence-electron chi connectivity index (χ0n) is 19.4. The molecule has 0 aromatic heterocycles. The normalized spacial score (nSPS) is 19.9. The summed E-state index contributed by atoms with van der Waals surface area (Å²) in [4.78, 5) is 39.8. The molecule has 2 aromatic rings. The quantitative estimate of drug-likeness (QED) is 0.111. The Kier molecular flexibility index (Phi) is 8.22. The smallest absolute Gasteiger partial charge is 0.351 e. The van der Waals surface area contributed by atoms with Gasteiger partial charge in [0.25, 0.3) is 17.2 Å². The van der Waals surface area contributed by atoms with Gasteiger partial charge in [-0.05, 0) is 69.7 Å². The molecule has 10 heteroatoms. The van der Waals surface area contributed by atoms with Crippen molar-refractivity contribution in [2.24, 2.45) is 0 Å². The number of thioether (sulfide) groups is 1. The van der Waals surface area contributed by atoms with Gasteiger partial charge in [0.2, 0.25) is 0 Å². The molecule has 1 saturated heterocycles. The van der Waals surface area contributed by atoms with Crippen LogP contribution >= 0.6 is 23.4 Å². The van der Waals surface area contributed by atoms with Crippen LogP contribution in [0.5, 0.6) is 0 Å². The molecule has 8 nitrogen and oxygen atoms in total. The molecule has 2 aromatic carbocycles. The number of amides is 1. The zero-order chi connectivity index (χ0) is 25.0. The highest BCUT2D eigenvalue weighted by Gasteiger charge is 2.69. The first-order chi connectivity index (χ1) is 16.1. The Morgan fingerprint density at radius 1 is 1.12 bits per heavy atom. The maximum Gasteiger partial charge on any atom is 0.351 e. The molecule has 0 spiro atoms. The Hall–Kier alpha value is -2.62. The highest BCUT2D eigenvalue weighted by atomic mass is 35.5. The van der Waals surface area contributed by atoms with Crippen LogP contribution in [0.3, 0.4) is 0 Å². The van der Waals surface area contributed by atoms with Crippen LogP contribution in [0.25, 0.3) is 0 Å². The summed E-state index contributed by atoms with van der Waals surface area (Å²) < 4.78 is 11.4. The van der Waals surface area contributed by atoms with Crippen molar-refractivity contribution in [3.8, 4) is 0 Å². The number of carbonyl (C=O) groups excluding carboxylic acids is 2. The van der Waals surface area contributed by atoms with Crippen LogP contribution in [0.15, 0.2) is 53.4 Å². The number of rotatable bonds is 10. The van der Waals surface area contributed by atoms with Crippen molar-refractivity contribution < 1.29 is 24.0 Å². The zero-order valence-corrected chi connectivity index (χ0v) is 21.0. The summed E-state index contributed by atoms with van der Waals surface area (Å²) in [7, 11) is 0. The van der Waals surface area contributed by atoms with Gasteiger partial charge in [-0.2, -0.15) is 0 Å². The van der Waals surface area contributed by atoms with Gasteiger partial charge in [-0.25, -0.2) is 4.79 Å². The van der Waals surface area contributed by atoms with Gasteiger partial charge in [0.05, 0.1) is 17.1 Å². The molecular weight excluding hydrogens is 480 g/mol. The number of ether oxygens (including phenoxy) is 2. The summed E-state index contributed by atoms with van der Waals surface area (Å²) in [5, 5.41) is 11.8. The van der Waals surface area contributed by atoms with E-state index in [1.54, 1.807) is 68.6 Å². The molecule has 0 bridgehead atoms. The van der Waals surface area contributed by atoms with Gasteiger partial charge in [0.1, 0.15) is 6.04 Å². The van der Waals surface area contributed by atoms with Crippen LogP contribution in [0.1, 0.15) is 39.3 Å². The fraction of sp³-hybridized carbons (Fsp3) is 0.417. The number of benzene rings is 2. The third-order valence-electron chi connectivity index (χ3n) is 5.18. The van der Waals surface area contributed by atoms with Crippen LogP contribution in [-0.2, 0) is 19.1 Å². The number of nitro benzene ring substituents is 1. The summed E-state index contributed by atoms with van der Waals surface area (Å²) in [6.07, 6.45) is -0.880. The lowest BCUT2D eigenvalue weighted by Crippen LogP contribution is -2.74. The van der Waals surface area contributed by atoms with Crippen molar-refractivity contribution in [1.82, 2.24) is 4.90 Å². The molecule has 182 valence electrons. The maximum absolute atomic E-state index is 13.5. The summed E-state index contributed by atoms with van der Waals surface area (Å²) in [5.74, 6) is -0.675. The number of halogens is 1. The molecule has 1 amide bonds. The second-order valence-corrected chi connectivity index (χ2v) is 10.0. The van der Waals surface area contributed by atoms with Crippen molar-refractivity contribution in [2.75, 3.05) is 12.3 Å². The molecule has 1 aliphatic heterocycles. The van der Waals surface area contributed by atoms with Crippen LogP contribution in [0.2, 0.25) is 5.02 Å². The number of non-ortho nitro benzene ring substituents is 1.